The topological polar surface area (TPSA) is 104 Å². The van der Waals surface area contributed by atoms with E-state index in [4.69, 9.17) is 0 Å². The molecule has 8 heteroatoms. The number of benzene rings is 2. The average Bonchev–Trinajstić information content (AvgIpc) is 3.38. The van der Waals surface area contributed by atoms with Crippen molar-refractivity contribution in [3.05, 3.63) is 83.8 Å². The standard InChI is InChI=1S/C22H20N6O2/c1-14(26-27-21(29)18-13-23-19-6-4-3-5-17(18)19)15-7-9-16(10-8-15)25-22(30)20-11-12-24-28(20)2/h3-13,23H,1-2H3,(H,25,30)(H,27,29). The number of hydrazone groups is 1. The summed E-state index contributed by atoms with van der Waals surface area (Å²) in [7, 11) is 1.71. The molecule has 2 aromatic heterocycles. The molecule has 30 heavy (non-hydrogen) atoms. The second-order valence-electron chi connectivity index (χ2n) is 6.76. The molecule has 2 heterocycles. The Morgan fingerprint density at radius 2 is 1.80 bits per heavy atom. The first-order valence-electron chi connectivity index (χ1n) is 9.33. The van der Waals surface area contributed by atoms with E-state index in [0.717, 1.165) is 16.5 Å². The number of aromatic nitrogens is 3. The first-order valence-corrected chi connectivity index (χ1v) is 9.33. The van der Waals surface area contributed by atoms with Crippen molar-refractivity contribution in [1.29, 1.82) is 0 Å². The number of para-hydroxylation sites is 1. The molecule has 0 unspecified atom stereocenters. The zero-order valence-corrected chi connectivity index (χ0v) is 16.5. The van der Waals surface area contributed by atoms with Gasteiger partial charge in [-0.2, -0.15) is 10.2 Å². The minimum Gasteiger partial charge on any atom is -0.360 e. The summed E-state index contributed by atoms with van der Waals surface area (Å²) in [6, 6.07) is 16.5. The summed E-state index contributed by atoms with van der Waals surface area (Å²) >= 11 is 0. The molecule has 0 aliphatic heterocycles. The summed E-state index contributed by atoms with van der Waals surface area (Å²) in [5.74, 6) is -0.522. The van der Waals surface area contributed by atoms with Crippen LogP contribution in [0.4, 0.5) is 5.69 Å². The van der Waals surface area contributed by atoms with E-state index in [-0.39, 0.29) is 11.8 Å². The number of H-pyrrole nitrogens is 1. The molecule has 0 bridgehead atoms. The molecule has 4 rings (SSSR count). The van der Waals surface area contributed by atoms with Crippen LogP contribution in [0.1, 0.15) is 33.3 Å². The van der Waals surface area contributed by atoms with E-state index in [0.29, 0.717) is 22.7 Å². The highest BCUT2D eigenvalue weighted by atomic mass is 16.2. The van der Waals surface area contributed by atoms with E-state index in [1.54, 1.807) is 44.6 Å². The third-order valence-electron chi connectivity index (χ3n) is 4.77. The molecule has 3 N–H and O–H groups in total. The van der Waals surface area contributed by atoms with Crippen LogP contribution in [-0.2, 0) is 7.05 Å². The molecule has 0 fully saturated rings. The molecule has 0 aliphatic carbocycles. The Morgan fingerprint density at radius 3 is 2.53 bits per heavy atom. The predicted octanol–water partition coefficient (Wildman–Crippen LogP) is 3.31. The van der Waals surface area contributed by atoms with E-state index < -0.39 is 0 Å². The lowest BCUT2D eigenvalue weighted by Gasteiger charge is -2.07. The van der Waals surface area contributed by atoms with Gasteiger partial charge in [0.05, 0.1) is 11.3 Å². The lowest BCUT2D eigenvalue weighted by Crippen LogP contribution is -2.19. The number of nitrogens with zero attached hydrogens (tertiary/aromatic N) is 3. The average molecular weight is 400 g/mol. The van der Waals surface area contributed by atoms with Gasteiger partial charge in [0, 0.05) is 36.0 Å². The highest BCUT2D eigenvalue weighted by Crippen LogP contribution is 2.17. The van der Waals surface area contributed by atoms with E-state index >= 15 is 0 Å². The van der Waals surface area contributed by atoms with Crippen LogP contribution in [0.3, 0.4) is 0 Å². The number of aryl methyl sites for hydroxylation is 1. The van der Waals surface area contributed by atoms with E-state index in [9.17, 15) is 9.59 Å². The first kappa shape index (κ1) is 19.1. The third kappa shape index (κ3) is 3.83. The fourth-order valence-corrected chi connectivity index (χ4v) is 3.11. The quantitative estimate of drug-likeness (QED) is 0.354. The van der Waals surface area contributed by atoms with Crippen molar-refractivity contribution in [2.75, 3.05) is 5.32 Å². The van der Waals surface area contributed by atoms with Gasteiger partial charge in [0.15, 0.2) is 0 Å². The maximum Gasteiger partial charge on any atom is 0.273 e. The number of anilines is 1. The van der Waals surface area contributed by atoms with Gasteiger partial charge < -0.3 is 10.3 Å². The number of amides is 2. The van der Waals surface area contributed by atoms with Crippen molar-refractivity contribution in [1.82, 2.24) is 20.2 Å². The van der Waals surface area contributed by atoms with Crippen LogP contribution in [0.25, 0.3) is 10.9 Å². The second kappa shape index (κ2) is 8.04. The van der Waals surface area contributed by atoms with Gasteiger partial charge in [0.25, 0.3) is 11.8 Å². The number of hydrogen-bond acceptors (Lipinski definition) is 4. The molecular weight excluding hydrogens is 380 g/mol. The molecule has 4 aromatic rings. The SMILES string of the molecule is CC(=NNC(=O)c1c[nH]c2ccccc12)c1ccc(NC(=O)c2ccnn2C)cc1. The minimum absolute atomic E-state index is 0.237. The molecule has 2 aromatic carbocycles. The Labute approximate surface area is 172 Å². The normalized spacial score (nSPS) is 11.5. The molecule has 0 spiro atoms. The smallest absolute Gasteiger partial charge is 0.273 e. The highest BCUT2D eigenvalue weighted by molar-refractivity contribution is 6.08. The van der Waals surface area contributed by atoms with Crippen LogP contribution in [0, 0.1) is 0 Å². The van der Waals surface area contributed by atoms with Gasteiger partial charge >= 0.3 is 0 Å². The Morgan fingerprint density at radius 1 is 1.03 bits per heavy atom. The molecule has 0 saturated heterocycles. The Balaban J connectivity index is 1.42. The molecule has 0 saturated carbocycles. The van der Waals surface area contributed by atoms with Crippen molar-refractivity contribution in [3.8, 4) is 0 Å². The van der Waals surface area contributed by atoms with Crippen LogP contribution in [0.5, 0.6) is 0 Å². The van der Waals surface area contributed by atoms with Crippen molar-refractivity contribution in [2.45, 2.75) is 6.92 Å². The Kier molecular flexibility index (Phi) is 5.13. The Bertz CT molecular complexity index is 1250. The molecule has 8 nitrogen and oxygen atoms in total. The summed E-state index contributed by atoms with van der Waals surface area (Å²) in [6.07, 6.45) is 3.24. The molecular formula is C22H20N6O2. The number of rotatable bonds is 5. The molecule has 0 aliphatic rings. The van der Waals surface area contributed by atoms with Gasteiger partial charge in [-0.1, -0.05) is 30.3 Å². The lowest BCUT2D eigenvalue weighted by atomic mass is 10.1. The molecule has 0 atom stereocenters. The number of carbonyl (C=O) groups is 2. The van der Waals surface area contributed by atoms with E-state index in [1.807, 2.05) is 36.4 Å². The van der Waals surface area contributed by atoms with Gasteiger partial charge in [-0.15, -0.1) is 0 Å². The number of aromatic amines is 1. The number of nitrogens with one attached hydrogen (secondary N) is 3. The fourth-order valence-electron chi connectivity index (χ4n) is 3.11. The second-order valence-corrected chi connectivity index (χ2v) is 6.76. The van der Waals surface area contributed by atoms with Crippen molar-refractivity contribution in [2.24, 2.45) is 12.1 Å². The van der Waals surface area contributed by atoms with Crippen LogP contribution in [0.15, 0.2) is 72.1 Å². The lowest BCUT2D eigenvalue weighted by molar-refractivity contribution is 0.0955. The minimum atomic E-state index is -0.285. The summed E-state index contributed by atoms with van der Waals surface area (Å²) in [4.78, 5) is 27.8. The maximum absolute atomic E-state index is 12.5. The summed E-state index contributed by atoms with van der Waals surface area (Å²) in [5, 5.41) is 11.9. The first-order chi connectivity index (χ1) is 14.5. The van der Waals surface area contributed by atoms with Crippen LogP contribution in [0.2, 0.25) is 0 Å². The largest absolute Gasteiger partial charge is 0.360 e. The predicted molar refractivity (Wildman–Crippen MR) is 116 cm³/mol. The molecule has 0 radical (unpaired) electrons. The summed E-state index contributed by atoms with van der Waals surface area (Å²) in [5.41, 5.74) is 6.62. The zero-order chi connectivity index (χ0) is 21.1. The van der Waals surface area contributed by atoms with E-state index in [1.165, 1.54) is 4.68 Å². The van der Waals surface area contributed by atoms with Crippen LogP contribution in [-0.4, -0.2) is 32.3 Å². The van der Waals surface area contributed by atoms with Crippen LogP contribution >= 0.6 is 0 Å². The number of fused-ring (bicyclic) bond motifs is 1. The molecule has 150 valence electrons. The molecule has 2 amide bonds. The van der Waals surface area contributed by atoms with Crippen LogP contribution < -0.4 is 10.7 Å². The zero-order valence-electron chi connectivity index (χ0n) is 16.5. The van der Waals surface area contributed by atoms with Crippen molar-refractivity contribution < 1.29 is 9.59 Å². The Hall–Kier alpha value is -4.20. The fraction of sp³-hybridized carbons (Fsp3) is 0.0909. The van der Waals surface area contributed by atoms with Gasteiger partial charge in [0.1, 0.15) is 5.69 Å². The summed E-state index contributed by atoms with van der Waals surface area (Å²) in [6.45, 7) is 1.80. The number of carbonyl (C=O) groups excluding carboxylic acids is 2. The summed E-state index contributed by atoms with van der Waals surface area (Å²) < 4.78 is 1.51. The van der Waals surface area contributed by atoms with Gasteiger partial charge in [-0.05, 0) is 36.8 Å². The van der Waals surface area contributed by atoms with Gasteiger partial charge in [-0.25, -0.2) is 5.43 Å². The maximum atomic E-state index is 12.5. The van der Waals surface area contributed by atoms with Crippen molar-refractivity contribution >= 4 is 34.1 Å². The monoisotopic (exact) mass is 400 g/mol. The highest BCUT2D eigenvalue weighted by Gasteiger charge is 2.12. The van der Waals surface area contributed by atoms with E-state index in [2.05, 4.69) is 25.9 Å². The third-order valence-corrected chi connectivity index (χ3v) is 4.77. The van der Waals surface area contributed by atoms with Gasteiger partial charge in [-0.3, -0.25) is 14.3 Å². The van der Waals surface area contributed by atoms with Crippen molar-refractivity contribution in [3.63, 3.8) is 0 Å². The van der Waals surface area contributed by atoms with Gasteiger partial charge in [0.2, 0.25) is 0 Å². The number of hydrogen-bond donors (Lipinski definition) is 3.